The summed E-state index contributed by atoms with van der Waals surface area (Å²) in [6.07, 6.45) is 4.61. The van der Waals surface area contributed by atoms with Gasteiger partial charge >= 0.3 is 0 Å². The van der Waals surface area contributed by atoms with Crippen LogP contribution < -0.4 is 10.5 Å². The molecule has 3 rings (SSSR count). The van der Waals surface area contributed by atoms with Crippen molar-refractivity contribution in [2.45, 2.75) is 0 Å². The lowest BCUT2D eigenvalue weighted by atomic mass is 10.2. The van der Waals surface area contributed by atoms with Crippen molar-refractivity contribution < 1.29 is 4.74 Å². The highest BCUT2D eigenvalue weighted by Crippen LogP contribution is 2.31. The van der Waals surface area contributed by atoms with Crippen molar-refractivity contribution in [1.82, 2.24) is 15.0 Å². The minimum Gasteiger partial charge on any atom is -0.435 e. The van der Waals surface area contributed by atoms with Crippen LogP contribution in [0, 0.1) is 0 Å². The van der Waals surface area contributed by atoms with Crippen molar-refractivity contribution in [2.24, 2.45) is 0 Å². The van der Waals surface area contributed by atoms with Gasteiger partial charge in [-0.25, -0.2) is 0 Å². The van der Waals surface area contributed by atoms with Crippen LogP contribution in [-0.2, 0) is 0 Å². The number of nitrogens with two attached hydrogens (primary N) is 1. The van der Waals surface area contributed by atoms with Gasteiger partial charge in [-0.15, -0.1) is 0 Å². The molecule has 2 aromatic heterocycles. The second-order valence-electron chi connectivity index (χ2n) is 3.83. The van der Waals surface area contributed by atoms with Crippen molar-refractivity contribution in [3.8, 4) is 11.6 Å². The van der Waals surface area contributed by atoms with Gasteiger partial charge in [-0.05, 0) is 24.3 Å². The summed E-state index contributed by atoms with van der Waals surface area (Å²) < 4.78 is 5.65. The van der Waals surface area contributed by atoms with Gasteiger partial charge in [0.05, 0.1) is 17.4 Å². The van der Waals surface area contributed by atoms with E-state index in [0.717, 1.165) is 5.39 Å². The van der Waals surface area contributed by atoms with Crippen LogP contribution in [0.3, 0.4) is 0 Å². The highest BCUT2D eigenvalue weighted by Gasteiger charge is 2.08. The van der Waals surface area contributed by atoms with Crippen molar-refractivity contribution in [3.63, 3.8) is 0 Å². The third-order valence-electron chi connectivity index (χ3n) is 2.53. The van der Waals surface area contributed by atoms with E-state index in [9.17, 15) is 0 Å². The summed E-state index contributed by atoms with van der Waals surface area (Å²) in [4.78, 5) is 12.2. The Balaban J connectivity index is 2.09. The molecular weight excluding hydrogens is 264 g/mol. The van der Waals surface area contributed by atoms with Crippen molar-refractivity contribution in [3.05, 3.63) is 47.9 Å². The number of pyridine rings is 1. The van der Waals surface area contributed by atoms with Crippen LogP contribution in [0.4, 0.5) is 5.82 Å². The molecule has 0 radical (unpaired) electrons. The number of rotatable bonds is 2. The van der Waals surface area contributed by atoms with Gasteiger partial charge in [0.15, 0.2) is 5.75 Å². The van der Waals surface area contributed by atoms with Crippen LogP contribution in [0.25, 0.3) is 10.9 Å². The number of fused-ring (bicyclic) bond motifs is 1. The van der Waals surface area contributed by atoms with Crippen molar-refractivity contribution >= 4 is 28.3 Å². The zero-order chi connectivity index (χ0) is 13.2. The third kappa shape index (κ3) is 2.28. The molecule has 0 spiro atoms. The molecule has 0 atom stereocenters. The molecule has 5 nitrogen and oxygen atoms in total. The summed E-state index contributed by atoms with van der Waals surface area (Å²) in [5.41, 5.74) is 6.22. The van der Waals surface area contributed by atoms with Gasteiger partial charge in [0, 0.05) is 11.6 Å². The highest BCUT2D eigenvalue weighted by atomic mass is 35.5. The second kappa shape index (κ2) is 4.70. The van der Waals surface area contributed by atoms with Gasteiger partial charge in [0.25, 0.3) is 0 Å². The molecular formula is C13H9ClN4O. The SMILES string of the molecule is Nc1cncc(Oc2ccc(Cl)c3cccnc23)n1. The summed E-state index contributed by atoms with van der Waals surface area (Å²) in [5.74, 6) is 1.16. The van der Waals surface area contributed by atoms with Gasteiger partial charge < -0.3 is 10.5 Å². The second-order valence-corrected chi connectivity index (χ2v) is 4.24. The molecule has 0 saturated heterocycles. The van der Waals surface area contributed by atoms with E-state index in [1.54, 1.807) is 18.3 Å². The molecule has 2 heterocycles. The van der Waals surface area contributed by atoms with Crippen LogP contribution in [0.1, 0.15) is 0 Å². The first-order valence-corrected chi connectivity index (χ1v) is 5.90. The summed E-state index contributed by atoms with van der Waals surface area (Å²) in [6, 6.07) is 7.18. The predicted molar refractivity (Wildman–Crippen MR) is 73.3 cm³/mol. The van der Waals surface area contributed by atoms with Gasteiger partial charge in [-0.3, -0.25) is 9.97 Å². The Morgan fingerprint density at radius 2 is 2.05 bits per heavy atom. The fraction of sp³-hybridized carbons (Fsp3) is 0. The number of nitrogens with zero attached hydrogens (tertiary/aromatic N) is 3. The van der Waals surface area contributed by atoms with E-state index in [4.69, 9.17) is 22.1 Å². The lowest BCUT2D eigenvalue weighted by Crippen LogP contribution is -1.95. The van der Waals surface area contributed by atoms with Crippen LogP contribution >= 0.6 is 11.6 Å². The fourth-order valence-electron chi connectivity index (χ4n) is 1.72. The summed E-state index contributed by atoms with van der Waals surface area (Å²) in [6.45, 7) is 0. The summed E-state index contributed by atoms with van der Waals surface area (Å²) >= 11 is 6.11. The molecule has 0 aliphatic rings. The predicted octanol–water partition coefficient (Wildman–Crippen LogP) is 3.05. The number of hydrogen-bond acceptors (Lipinski definition) is 5. The molecule has 2 N–H and O–H groups in total. The molecule has 6 heteroatoms. The number of nitrogen functional groups attached to an aromatic ring is 1. The van der Waals surface area contributed by atoms with E-state index in [0.29, 0.717) is 28.0 Å². The maximum atomic E-state index is 6.11. The Bertz CT molecular complexity index is 748. The first kappa shape index (κ1) is 11.7. The lowest BCUT2D eigenvalue weighted by Gasteiger charge is -2.08. The van der Waals surface area contributed by atoms with E-state index in [-0.39, 0.29) is 0 Å². The standard InChI is InChI=1S/C13H9ClN4O/c14-9-3-4-10(13-8(9)2-1-5-17-13)19-12-7-16-6-11(15)18-12/h1-7H,(H2,15,18). The first-order chi connectivity index (χ1) is 9.24. The Morgan fingerprint density at radius 3 is 2.89 bits per heavy atom. The average Bonchev–Trinajstić information content (AvgIpc) is 2.42. The summed E-state index contributed by atoms with van der Waals surface area (Å²) in [5, 5.41) is 1.44. The maximum Gasteiger partial charge on any atom is 0.239 e. The Hall–Kier alpha value is -2.40. The molecule has 3 aromatic rings. The Kier molecular flexibility index (Phi) is 2.89. The number of halogens is 1. The maximum absolute atomic E-state index is 6.11. The molecule has 94 valence electrons. The lowest BCUT2D eigenvalue weighted by molar-refractivity contribution is 0.465. The average molecular weight is 273 g/mol. The number of anilines is 1. The molecule has 0 saturated carbocycles. The van der Waals surface area contributed by atoms with Crippen LogP contribution in [0.2, 0.25) is 5.02 Å². The molecule has 0 unspecified atom stereocenters. The van der Waals surface area contributed by atoms with Gasteiger partial charge in [-0.1, -0.05) is 11.6 Å². The van der Waals surface area contributed by atoms with E-state index in [1.807, 2.05) is 12.1 Å². The number of aromatic nitrogens is 3. The molecule has 0 bridgehead atoms. The number of ether oxygens (including phenoxy) is 1. The number of hydrogen-bond donors (Lipinski definition) is 1. The van der Waals surface area contributed by atoms with Crippen molar-refractivity contribution in [1.29, 1.82) is 0 Å². The Morgan fingerprint density at radius 1 is 1.16 bits per heavy atom. The normalized spacial score (nSPS) is 10.6. The third-order valence-corrected chi connectivity index (χ3v) is 2.85. The Labute approximate surface area is 114 Å². The van der Waals surface area contributed by atoms with Crippen molar-refractivity contribution in [2.75, 3.05) is 5.73 Å². The monoisotopic (exact) mass is 272 g/mol. The van der Waals surface area contributed by atoms with Gasteiger partial charge in [0.2, 0.25) is 5.88 Å². The fourth-order valence-corrected chi connectivity index (χ4v) is 1.93. The molecule has 0 aliphatic heterocycles. The van der Waals surface area contributed by atoms with E-state index in [2.05, 4.69) is 15.0 Å². The quantitative estimate of drug-likeness (QED) is 0.776. The molecule has 0 aliphatic carbocycles. The van der Waals surface area contributed by atoms with E-state index < -0.39 is 0 Å². The van der Waals surface area contributed by atoms with Gasteiger partial charge in [0.1, 0.15) is 11.3 Å². The first-order valence-electron chi connectivity index (χ1n) is 5.52. The van der Waals surface area contributed by atoms with Crippen LogP contribution in [0.15, 0.2) is 42.9 Å². The topological polar surface area (TPSA) is 73.9 Å². The van der Waals surface area contributed by atoms with Gasteiger partial charge in [-0.2, -0.15) is 4.98 Å². The smallest absolute Gasteiger partial charge is 0.239 e. The summed E-state index contributed by atoms with van der Waals surface area (Å²) in [7, 11) is 0. The largest absolute Gasteiger partial charge is 0.435 e. The van der Waals surface area contributed by atoms with Crippen LogP contribution in [-0.4, -0.2) is 15.0 Å². The van der Waals surface area contributed by atoms with Crippen LogP contribution in [0.5, 0.6) is 11.6 Å². The molecule has 0 amide bonds. The molecule has 0 fully saturated rings. The zero-order valence-corrected chi connectivity index (χ0v) is 10.5. The molecule has 19 heavy (non-hydrogen) atoms. The number of benzene rings is 1. The van der Waals surface area contributed by atoms with E-state index in [1.165, 1.54) is 12.4 Å². The van der Waals surface area contributed by atoms with E-state index >= 15 is 0 Å². The minimum absolute atomic E-state index is 0.295. The highest BCUT2D eigenvalue weighted by molar-refractivity contribution is 6.35. The molecule has 1 aromatic carbocycles. The minimum atomic E-state index is 0.295. The zero-order valence-electron chi connectivity index (χ0n) is 9.75.